The third-order valence-corrected chi connectivity index (χ3v) is 5.87. The fourth-order valence-electron chi connectivity index (χ4n) is 3.50. The molecule has 1 atom stereocenters. The fraction of sp³-hybridized carbons (Fsp3) is 0.471. The first-order chi connectivity index (χ1) is 10.2. The maximum atomic E-state index is 11.8. The number of aliphatic hydroxyl groups is 1. The smallest absolute Gasteiger partial charge is 0.250 e. The van der Waals surface area contributed by atoms with Crippen molar-refractivity contribution < 1.29 is 9.90 Å². The number of hydrogen-bond donors (Lipinski definition) is 3. The van der Waals surface area contributed by atoms with E-state index in [-0.39, 0.29) is 5.92 Å². The number of aromatic amines is 1. The van der Waals surface area contributed by atoms with E-state index in [2.05, 4.69) is 20.9 Å². The summed E-state index contributed by atoms with van der Waals surface area (Å²) in [6.45, 7) is 5.69. The van der Waals surface area contributed by atoms with Crippen LogP contribution in [0.25, 0.3) is 10.9 Å². The van der Waals surface area contributed by atoms with E-state index >= 15 is 0 Å². The summed E-state index contributed by atoms with van der Waals surface area (Å²) in [6, 6.07) is 1.82. The van der Waals surface area contributed by atoms with Crippen LogP contribution in [-0.2, 0) is 12.8 Å². The minimum absolute atomic E-state index is 0.213. The summed E-state index contributed by atoms with van der Waals surface area (Å²) >= 11 is 3.66. The molecule has 3 rings (SSSR count). The number of primary amides is 1. The zero-order chi connectivity index (χ0) is 16.2. The lowest BCUT2D eigenvalue weighted by molar-refractivity contribution is 0.0107. The van der Waals surface area contributed by atoms with E-state index in [1.165, 1.54) is 5.56 Å². The highest BCUT2D eigenvalue weighted by atomic mass is 79.9. The Labute approximate surface area is 138 Å². The topological polar surface area (TPSA) is 79.1 Å². The Morgan fingerprint density at radius 1 is 1.50 bits per heavy atom. The van der Waals surface area contributed by atoms with Gasteiger partial charge in [-0.15, -0.1) is 0 Å². The van der Waals surface area contributed by atoms with Gasteiger partial charge in [0.25, 0.3) is 5.91 Å². The second-order valence-corrected chi connectivity index (χ2v) is 7.64. The van der Waals surface area contributed by atoms with Crippen LogP contribution in [0.5, 0.6) is 0 Å². The molecule has 0 saturated carbocycles. The van der Waals surface area contributed by atoms with Crippen LogP contribution >= 0.6 is 15.9 Å². The van der Waals surface area contributed by atoms with Gasteiger partial charge in [0.1, 0.15) is 0 Å². The van der Waals surface area contributed by atoms with Gasteiger partial charge >= 0.3 is 0 Å². The molecule has 118 valence electrons. The number of halogens is 1. The molecule has 1 amide bonds. The second kappa shape index (κ2) is 5.10. The average molecular weight is 365 g/mol. The third-order valence-electron chi connectivity index (χ3n) is 4.85. The molecule has 0 fully saturated rings. The van der Waals surface area contributed by atoms with Gasteiger partial charge in [0.2, 0.25) is 0 Å². The van der Waals surface area contributed by atoms with Gasteiger partial charge in [0, 0.05) is 15.6 Å². The third kappa shape index (κ3) is 2.36. The molecule has 0 radical (unpaired) electrons. The molecule has 2 aromatic rings. The number of H-pyrrole nitrogens is 1. The number of carbonyl (C=O) groups is 1. The van der Waals surface area contributed by atoms with E-state index in [1.54, 1.807) is 0 Å². The van der Waals surface area contributed by atoms with E-state index in [4.69, 9.17) is 5.73 Å². The molecular weight excluding hydrogens is 344 g/mol. The molecule has 0 spiro atoms. The van der Waals surface area contributed by atoms with Crippen molar-refractivity contribution in [1.82, 2.24) is 4.98 Å². The van der Waals surface area contributed by atoms with Crippen LogP contribution in [0.3, 0.4) is 0 Å². The monoisotopic (exact) mass is 364 g/mol. The second-order valence-electron chi connectivity index (χ2n) is 6.84. The van der Waals surface area contributed by atoms with E-state index in [0.29, 0.717) is 5.56 Å². The van der Waals surface area contributed by atoms with Gasteiger partial charge in [0.05, 0.1) is 16.7 Å². The number of carbonyl (C=O) groups excluding carboxylic acids is 1. The molecule has 0 aliphatic heterocycles. The molecule has 1 aliphatic rings. The predicted molar refractivity (Wildman–Crippen MR) is 91.1 cm³/mol. The molecular formula is C17H21BrN2O2. The van der Waals surface area contributed by atoms with E-state index < -0.39 is 11.5 Å². The van der Waals surface area contributed by atoms with E-state index in [0.717, 1.165) is 45.9 Å². The fourth-order valence-corrected chi connectivity index (χ4v) is 4.05. The van der Waals surface area contributed by atoms with Crippen molar-refractivity contribution in [2.75, 3.05) is 0 Å². The SMILES string of the molecule is Cc1cc(C(N)=O)c2[nH]c3c(c2c1Br)CCC(C(C)(C)O)C3. The number of rotatable bonds is 2. The summed E-state index contributed by atoms with van der Waals surface area (Å²) in [7, 11) is 0. The molecule has 5 heteroatoms. The molecule has 1 aromatic heterocycles. The summed E-state index contributed by atoms with van der Waals surface area (Å²) in [5.41, 5.74) is 9.55. The number of nitrogens with one attached hydrogen (secondary N) is 1. The number of aryl methyl sites for hydroxylation is 2. The lowest BCUT2D eigenvalue weighted by atomic mass is 9.78. The van der Waals surface area contributed by atoms with E-state index in [1.807, 2.05) is 26.8 Å². The maximum Gasteiger partial charge on any atom is 0.250 e. The van der Waals surface area contributed by atoms with Gasteiger partial charge in [-0.05, 0) is 79.1 Å². The Morgan fingerprint density at radius 3 is 2.77 bits per heavy atom. The Hall–Kier alpha value is -1.33. The summed E-state index contributed by atoms with van der Waals surface area (Å²) in [5, 5.41) is 11.4. The first-order valence-corrected chi connectivity index (χ1v) is 8.34. The van der Waals surface area contributed by atoms with Gasteiger partial charge in [-0.25, -0.2) is 0 Å². The normalized spacial score (nSPS) is 18.5. The molecule has 1 heterocycles. The molecule has 0 bridgehead atoms. The lowest BCUT2D eigenvalue weighted by Gasteiger charge is -2.32. The van der Waals surface area contributed by atoms with Gasteiger partial charge in [-0.3, -0.25) is 4.79 Å². The van der Waals surface area contributed by atoms with Crippen molar-refractivity contribution >= 4 is 32.7 Å². The highest BCUT2D eigenvalue weighted by molar-refractivity contribution is 9.10. The minimum Gasteiger partial charge on any atom is -0.390 e. The van der Waals surface area contributed by atoms with Gasteiger partial charge in [-0.1, -0.05) is 0 Å². The molecule has 22 heavy (non-hydrogen) atoms. The number of nitrogens with two attached hydrogens (primary N) is 1. The Morgan fingerprint density at radius 2 is 2.18 bits per heavy atom. The molecule has 4 nitrogen and oxygen atoms in total. The lowest BCUT2D eigenvalue weighted by Crippen LogP contribution is -2.34. The summed E-state index contributed by atoms with van der Waals surface area (Å²) in [4.78, 5) is 15.2. The van der Waals surface area contributed by atoms with Crippen molar-refractivity contribution in [2.45, 2.75) is 45.6 Å². The van der Waals surface area contributed by atoms with Crippen LogP contribution in [0.4, 0.5) is 0 Å². The summed E-state index contributed by atoms with van der Waals surface area (Å²) < 4.78 is 1.02. The quantitative estimate of drug-likeness (QED) is 0.764. The first-order valence-electron chi connectivity index (χ1n) is 7.55. The molecule has 1 aliphatic carbocycles. The number of fused-ring (bicyclic) bond motifs is 3. The summed E-state index contributed by atoms with van der Waals surface area (Å²) in [5.74, 6) is -0.205. The van der Waals surface area contributed by atoms with Crippen molar-refractivity contribution in [2.24, 2.45) is 11.7 Å². The minimum atomic E-state index is -0.700. The largest absolute Gasteiger partial charge is 0.390 e. The van der Waals surface area contributed by atoms with Crippen LogP contribution in [0.1, 0.15) is 47.4 Å². The predicted octanol–water partition coefficient (Wildman–Crippen LogP) is 3.21. The van der Waals surface area contributed by atoms with Crippen LogP contribution < -0.4 is 5.73 Å². The van der Waals surface area contributed by atoms with Crippen molar-refractivity contribution in [3.05, 3.63) is 32.9 Å². The Balaban J connectivity index is 2.22. The highest BCUT2D eigenvalue weighted by Gasteiger charge is 2.33. The van der Waals surface area contributed by atoms with Crippen LogP contribution in [0.15, 0.2) is 10.5 Å². The number of amides is 1. The van der Waals surface area contributed by atoms with Crippen LogP contribution in [-0.4, -0.2) is 21.6 Å². The highest BCUT2D eigenvalue weighted by Crippen LogP contribution is 2.40. The molecule has 1 aromatic carbocycles. The van der Waals surface area contributed by atoms with Gasteiger partial charge < -0.3 is 15.8 Å². The van der Waals surface area contributed by atoms with Crippen molar-refractivity contribution in [3.8, 4) is 0 Å². The summed E-state index contributed by atoms with van der Waals surface area (Å²) in [6.07, 6.45) is 2.62. The van der Waals surface area contributed by atoms with E-state index in [9.17, 15) is 9.90 Å². The number of benzene rings is 1. The molecule has 1 unspecified atom stereocenters. The van der Waals surface area contributed by atoms with Gasteiger partial charge in [-0.2, -0.15) is 0 Å². The van der Waals surface area contributed by atoms with Crippen LogP contribution in [0.2, 0.25) is 0 Å². The zero-order valence-electron chi connectivity index (χ0n) is 13.1. The first kappa shape index (κ1) is 15.6. The van der Waals surface area contributed by atoms with Gasteiger partial charge in [0.15, 0.2) is 0 Å². The molecule has 0 saturated heterocycles. The standard InChI is InChI=1S/C17H21BrN2O2/c1-8-6-11(16(19)21)15-13(14(8)18)10-5-4-9(17(2,3)22)7-12(10)20-15/h6,9,20,22H,4-5,7H2,1-3H3,(H2,19,21). The Kier molecular flexibility index (Phi) is 3.61. The molecule has 4 N–H and O–H groups in total. The Bertz CT molecular complexity index is 771. The van der Waals surface area contributed by atoms with Crippen LogP contribution in [0, 0.1) is 12.8 Å². The number of aromatic nitrogens is 1. The zero-order valence-corrected chi connectivity index (χ0v) is 14.7. The van der Waals surface area contributed by atoms with Crippen molar-refractivity contribution in [1.29, 1.82) is 0 Å². The average Bonchev–Trinajstić information content (AvgIpc) is 2.79. The maximum absolute atomic E-state index is 11.8. The number of hydrogen-bond acceptors (Lipinski definition) is 2. The van der Waals surface area contributed by atoms with Crippen molar-refractivity contribution in [3.63, 3.8) is 0 Å².